The number of rotatable bonds is 4. The van der Waals surface area contributed by atoms with E-state index in [0.717, 1.165) is 56.0 Å². The summed E-state index contributed by atoms with van der Waals surface area (Å²) >= 11 is 0. The third-order valence-electron chi connectivity index (χ3n) is 7.67. The molecular formula is C24H33N3O. The van der Waals surface area contributed by atoms with Crippen molar-refractivity contribution in [2.45, 2.75) is 52.1 Å². The van der Waals surface area contributed by atoms with E-state index >= 15 is 0 Å². The first-order valence-electron chi connectivity index (χ1n) is 11.2. The normalized spacial score (nSPS) is 28.0. The summed E-state index contributed by atoms with van der Waals surface area (Å²) in [6.45, 7) is 9.23. The van der Waals surface area contributed by atoms with Gasteiger partial charge >= 0.3 is 0 Å². The molecule has 3 atom stereocenters. The summed E-state index contributed by atoms with van der Waals surface area (Å²) in [7, 11) is 0. The van der Waals surface area contributed by atoms with Crippen LogP contribution in [0.25, 0.3) is 10.9 Å². The van der Waals surface area contributed by atoms with E-state index in [1.165, 1.54) is 36.6 Å². The minimum atomic E-state index is 0.186. The fourth-order valence-electron chi connectivity index (χ4n) is 5.97. The van der Waals surface area contributed by atoms with Crippen LogP contribution in [0.4, 0.5) is 0 Å². The van der Waals surface area contributed by atoms with Crippen LogP contribution in [0.3, 0.4) is 0 Å². The maximum Gasteiger partial charge on any atom is 0.253 e. The van der Waals surface area contributed by atoms with Gasteiger partial charge < -0.3 is 9.47 Å². The number of fused-ring (bicyclic) bond motifs is 3. The van der Waals surface area contributed by atoms with E-state index in [2.05, 4.69) is 47.7 Å². The number of hydrogen-bond acceptors (Lipinski definition) is 2. The van der Waals surface area contributed by atoms with Gasteiger partial charge in [0.25, 0.3) is 5.91 Å². The molecule has 1 aromatic carbocycles. The molecular weight excluding hydrogens is 346 g/mol. The SMILES string of the molecule is CC(C)N1CCN(C(=O)c2ccc3c(ccn3CC3CC4CCC3C4)c2)CC1. The van der Waals surface area contributed by atoms with Crippen molar-refractivity contribution >= 4 is 16.8 Å². The van der Waals surface area contributed by atoms with E-state index in [0.29, 0.717) is 6.04 Å². The second-order valence-corrected chi connectivity index (χ2v) is 9.60. The summed E-state index contributed by atoms with van der Waals surface area (Å²) in [6.07, 6.45) is 8.02. The van der Waals surface area contributed by atoms with Crippen molar-refractivity contribution in [3.8, 4) is 0 Å². The van der Waals surface area contributed by atoms with E-state index in [9.17, 15) is 4.79 Å². The van der Waals surface area contributed by atoms with E-state index in [1.807, 2.05) is 11.0 Å². The van der Waals surface area contributed by atoms with Gasteiger partial charge in [0.2, 0.25) is 0 Å². The summed E-state index contributed by atoms with van der Waals surface area (Å²) in [5.41, 5.74) is 2.12. The van der Waals surface area contributed by atoms with Crippen LogP contribution in [0.1, 0.15) is 49.9 Å². The summed E-state index contributed by atoms with van der Waals surface area (Å²) in [5.74, 6) is 2.99. The number of carbonyl (C=O) groups excluding carboxylic acids is 1. The van der Waals surface area contributed by atoms with Gasteiger partial charge in [0.05, 0.1) is 0 Å². The molecule has 3 fully saturated rings. The summed E-state index contributed by atoms with van der Waals surface area (Å²) in [4.78, 5) is 17.5. The minimum absolute atomic E-state index is 0.186. The zero-order chi connectivity index (χ0) is 19.3. The van der Waals surface area contributed by atoms with E-state index in [1.54, 1.807) is 0 Å². The smallest absolute Gasteiger partial charge is 0.253 e. The largest absolute Gasteiger partial charge is 0.347 e. The zero-order valence-electron chi connectivity index (χ0n) is 17.3. The lowest BCUT2D eigenvalue weighted by Gasteiger charge is -2.37. The minimum Gasteiger partial charge on any atom is -0.347 e. The lowest BCUT2D eigenvalue weighted by molar-refractivity contribution is 0.0595. The van der Waals surface area contributed by atoms with Crippen LogP contribution >= 0.6 is 0 Å². The standard InChI is InChI=1S/C24H33N3O/c1-17(2)25-9-11-26(12-10-25)24(28)21-5-6-23-20(15-21)7-8-27(23)16-22-14-18-3-4-19(22)13-18/h5-8,15,17-19,22H,3-4,9-14,16H2,1-2H3. The molecule has 5 rings (SSSR count). The molecule has 1 aliphatic heterocycles. The molecule has 2 heterocycles. The van der Waals surface area contributed by atoms with E-state index in [-0.39, 0.29) is 5.91 Å². The average molecular weight is 380 g/mol. The van der Waals surface area contributed by atoms with Crippen molar-refractivity contribution in [1.29, 1.82) is 0 Å². The van der Waals surface area contributed by atoms with Crippen LogP contribution in [-0.4, -0.2) is 52.5 Å². The molecule has 3 aliphatic rings. The lowest BCUT2D eigenvalue weighted by Crippen LogP contribution is -2.50. The predicted octanol–water partition coefficient (Wildman–Crippen LogP) is 4.24. The highest BCUT2D eigenvalue weighted by Crippen LogP contribution is 2.49. The van der Waals surface area contributed by atoms with Crippen molar-refractivity contribution in [2.75, 3.05) is 26.2 Å². The van der Waals surface area contributed by atoms with Gasteiger partial charge in [0.15, 0.2) is 0 Å². The van der Waals surface area contributed by atoms with Gasteiger partial charge in [-0.1, -0.05) is 6.42 Å². The molecule has 2 bridgehead atoms. The summed E-state index contributed by atoms with van der Waals surface area (Å²) in [5, 5.41) is 1.20. The maximum atomic E-state index is 13.0. The Morgan fingerprint density at radius 1 is 1.07 bits per heavy atom. The highest BCUT2D eigenvalue weighted by Gasteiger charge is 2.39. The van der Waals surface area contributed by atoms with Gasteiger partial charge in [-0.2, -0.15) is 0 Å². The van der Waals surface area contributed by atoms with Crippen LogP contribution in [-0.2, 0) is 6.54 Å². The molecule has 0 N–H and O–H groups in total. The summed E-state index contributed by atoms with van der Waals surface area (Å²) in [6, 6.07) is 9.06. The van der Waals surface area contributed by atoms with Gasteiger partial charge in [-0.05, 0) is 75.1 Å². The molecule has 4 heteroatoms. The quantitative estimate of drug-likeness (QED) is 0.795. The molecule has 1 amide bonds. The molecule has 2 aliphatic carbocycles. The fraction of sp³-hybridized carbons (Fsp3) is 0.625. The lowest BCUT2D eigenvalue weighted by atomic mass is 9.89. The first-order valence-corrected chi connectivity index (χ1v) is 11.2. The predicted molar refractivity (Wildman–Crippen MR) is 113 cm³/mol. The second kappa shape index (κ2) is 7.22. The van der Waals surface area contributed by atoms with E-state index < -0.39 is 0 Å². The molecule has 0 spiro atoms. The molecule has 150 valence electrons. The van der Waals surface area contributed by atoms with Crippen molar-refractivity contribution in [3.05, 3.63) is 36.0 Å². The number of benzene rings is 1. The van der Waals surface area contributed by atoms with Crippen molar-refractivity contribution < 1.29 is 4.79 Å². The molecule has 3 unspecified atom stereocenters. The van der Waals surface area contributed by atoms with Crippen LogP contribution in [0.2, 0.25) is 0 Å². The van der Waals surface area contributed by atoms with Gasteiger partial charge in [-0.25, -0.2) is 0 Å². The van der Waals surface area contributed by atoms with Gasteiger partial charge in [0.1, 0.15) is 0 Å². The number of nitrogens with zero attached hydrogens (tertiary/aromatic N) is 3. The van der Waals surface area contributed by atoms with Crippen LogP contribution in [0.5, 0.6) is 0 Å². The average Bonchev–Trinajstić information content (AvgIpc) is 3.43. The molecule has 0 radical (unpaired) electrons. The Bertz CT molecular complexity index is 862. The van der Waals surface area contributed by atoms with Crippen molar-refractivity contribution in [1.82, 2.24) is 14.4 Å². The van der Waals surface area contributed by atoms with Gasteiger partial charge in [-0.3, -0.25) is 9.69 Å². The van der Waals surface area contributed by atoms with Crippen LogP contribution in [0.15, 0.2) is 30.5 Å². The Morgan fingerprint density at radius 2 is 1.89 bits per heavy atom. The van der Waals surface area contributed by atoms with Crippen molar-refractivity contribution in [2.24, 2.45) is 17.8 Å². The second-order valence-electron chi connectivity index (χ2n) is 9.60. The number of piperazine rings is 1. The topological polar surface area (TPSA) is 28.5 Å². The third-order valence-corrected chi connectivity index (χ3v) is 7.67. The van der Waals surface area contributed by atoms with Crippen LogP contribution in [0, 0.1) is 17.8 Å². The number of amides is 1. The molecule has 28 heavy (non-hydrogen) atoms. The summed E-state index contributed by atoms with van der Waals surface area (Å²) < 4.78 is 2.43. The fourth-order valence-corrected chi connectivity index (χ4v) is 5.97. The molecule has 4 nitrogen and oxygen atoms in total. The van der Waals surface area contributed by atoms with Crippen molar-refractivity contribution in [3.63, 3.8) is 0 Å². The number of aromatic nitrogens is 1. The first kappa shape index (κ1) is 18.2. The van der Waals surface area contributed by atoms with E-state index in [4.69, 9.17) is 0 Å². The number of carbonyl (C=O) groups is 1. The monoisotopic (exact) mass is 379 g/mol. The Labute approximate surface area is 168 Å². The highest BCUT2D eigenvalue weighted by molar-refractivity contribution is 5.98. The zero-order valence-corrected chi connectivity index (χ0v) is 17.3. The molecule has 2 aromatic rings. The first-order chi connectivity index (χ1) is 13.6. The molecule has 1 saturated heterocycles. The molecule has 1 aromatic heterocycles. The van der Waals surface area contributed by atoms with Crippen LogP contribution < -0.4 is 0 Å². The van der Waals surface area contributed by atoms with Gasteiger partial charge in [-0.15, -0.1) is 0 Å². The highest BCUT2D eigenvalue weighted by atomic mass is 16.2. The van der Waals surface area contributed by atoms with Gasteiger partial charge in [0, 0.05) is 61.4 Å². The Balaban J connectivity index is 1.29. The Morgan fingerprint density at radius 3 is 2.57 bits per heavy atom. The maximum absolute atomic E-state index is 13.0. The number of hydrogen-bond donors (Lipinski definition) is 0. The Kier molecular flexibility index (Phi) is 4.70. The third kappa shape index (κ3) is 3.26. The molecule has 2 saturated carbocycles. The Hall–Kier alpha value is -1.81.